The molecule has 24 heavy (non-hydrogen) atoms. The number of rotatable bonds is 7. The van der Waals surface area contributed by atoms with Crippen LogP contribution in [0.1, 0.15) is 31.0 Å². The van der Waals surface area contributed by atoms with Gasteiger partial charge in [-0.15, -0.1) is 0 Å². The first-order valence-electron chi connectivity index (χ1n) is 7.48. The second kappa shape index (κ2) is 7.50. The minimum absolute atomic E-state index is 0.119. The van der Waals surface area contributed by atoms with E-state index in [9.17, 15) is 18.5 Å². The number of hydrogen-bond donors (Lipinski definition) is 0. The van der Waals surface area contributed by atoms with Crippen molar-refractivity contribution in [1.29, 1.82) is 0 Å². The van der Waals surface area contributed by atoms with Crippen molar-refractivity contribution in [3.8, 4) is 0 Å². The highest BCUT2D eigenvalue weighted by Gasteiger charge is 2.27. The molecule has 1 heterocycles. The van der Waals surface area contributed by atoms with E-state index in [0.29, 0.717) is 12.1 Å². The average molecular weight is 349 g/mol. The third-order valence-corrected chi connectivity index (χ3v) is 5.73. The molecule has 0 saturated carbocycles. The van der Waals surface area contributed by atoms with Crippen LogP contribution in [0, 0.1) is 10.1 Å². The third-order valence-electron chi connectivity index (χ3n) is 3.74. The zero-order chi connectivity index (χ0) is 17.7. The minimum atomic E-state index is -3.63. The van der Waals surface area contributed by atoms with Crippen LogP contribution in [-0.4, -0.2) is 29.2 Å². The first-order chi connectivity index (χ1) is 11.3. The second-order valence-corrected chi connectivity index (χ2v) is 7.27. The summed E-state index contributed by atoms with van der Waals surface area (Å²) in [5.41, 5.74) is 1.06. The van der Waals surface area contributed by atoms with Gasteiger partial charge in [0.25, 0.3) is 5.69 Å². The smallest absolute Gasteiger partial charge is 0.264 e. The highest BCUT2D eigenvalue weighted by atomic mass is 32.2. The highest BCUT2D eigenvalue weighted by Crippen LogP contribution is 2.25. The van der Waals surface area contributed by atoms with Crippen LogP contribution < -0.4 is 0 Å². The summed E-state index contributed by atoms with van der Waals surface area (Å²) in [4.78, 5) is 14.3. The molecule has 0 spiro atoms. The first-order valence-corrected chi connectivity index (χ1v) is 9.09. The molecule has 0 unspecified atom stereocenters. The fourth-order valence-corrected chi connectivity index (χ4v) is 4.32. The Kier molecular flexibility index (Phi) is 5.63. The van der Waals surface area contributed by atoms with E-state index in [2.05, 4.69) is 4.98 Å². The summed E-state index contributed by atoms with van der Waals surface area (Å²) in [6, 6.07) is 8.91. The number of aromatic nitrogens is 1. The molecular formula is C16H19N3O4S. The number of sulfonamides is 1. The van der Waals surface area contributed by atoms with Crippen LogP contribution in [0.5, 0.6) is 0 Å². The van der Waals surface area contributed by atoms with E-state index in [1.54, 1.807) is 38.4 Å². The van der Waals surface area contributed by atoms with Gasteiger partial charge in [-0.05, 0) is 24.1 Å². The fraction of sp³-hybridized carbons (Fsp3) is 0.312. The van der Waals surface area contributed by atoms with Crippen molar-refractivity contribution in [2.45, 2.75) is 25.6 Å². The van der Waals surface area contributed by atoms with Crippen molar-refractivity contribution in [3.05, 3.63) is 70.0 Å². The molecule has 128 valence electrons. The van der Waals surface area contributed by atoms with E-state index in [4.69, 9.17) is 0 Å². The van der Waals surface area contributed by atoms with Crippen molar-refractivity contribution >= 4 is 15.7 Å². The predicted molar refractivity (Wildman–Crippen MR) is 90.8 cm³/mol. The Balaban J connectivity index is 2.27. The van der Waals surface area contributed by atoms with Crippen molar-refractivity contribution in [2.75, 3.05) is 6.54 Å². The average Bonchev–Trinajstić information content (AvgIpc) is 2.55. The van der Waals surface area contributed by atoms with Crippen LogP contribution in [0.15, 0.2) is 48.8 Å². The van der Waals surface area contributed by atoms with Gasteiger partial charge in [-0.25, -0.2) is 8.42 Å². The summed E-state index contributed by atoms with van der Waals surface area (Å²) >= 11 is 0. The molecule has 0 bridgehead atoms. The van der Waals surface area contributed by atoms with Crippen molar-refractivity contribution < 1.29 is 13.3 Å². The van der Waals surface area contributed by atoms with Crippen LogP contribution in [0.2, 0.25) is 0 Å². The summed E-state index contributed by atoms with van der Waals surface area (Å²) < 4.78 is 26.9. The molecule has 1 aromatic carbocycles. The van der Waals surface area contributed by atoms with E-state index in [0.717, 1.165) is 5.56 Å². The summed E-state index contributed by atoms with van der Waals surface area (Å²) in [6.07, 6.45) is 3.26. The Morgan fingerprint density at radius 1 is 1.29 bits per heavy atom. The number of nitro groups is 1. The maximum absolute atomic E-state index is 12.8. The Labute approximate surface area is 141 Å². The van der Waals surface area contributed by atoms with Crippen LogP contribution in [0.4, 0.5) is 5.69 Å². The van der Waals surface area contributed by atoms with Gasteiger partial charge in [0.15, 0.2) is 0 Å². The molecule has 0 fully saturated rings. The first kappa shape index (κ1) is 18.0. The third kappa shape index (κ3) is 4.15. The number of non-ortho nitro benzene ring substituents is 1. The maximum Gasteiger partial charge on any atom is 0.269 e. The summed E-state index contributed by atoms with van der Waals surface area (Å²) in [7, 11) is -3.63. The van der Waals surface area contributed by atoms with E-state index in [1.165, 1.54) is 22.5 Å². The Bertz CT molecular complexity index is 809. The monoisotopic (exact) mass is 349 g/mol. The topological polar surface area (TPSA) is 93.4 Å². The van der Waals surface area contributed by atoms with Crippen LogP contribution in [0.3, 0.4) is 0 Å². The Hall–Kier alpha value is -2.32. The number of pyridine rings is 1. The zero-order valence-corrected chi connectivity index (χ0v) is 14.3. The lowest BCUT2D eigenvalue weighted by atomic mass is 10.1. The largest absolute Gasteiger partial charge is 0.269 e. The number of nitro benzene ring substituents is 1. The van der Waals surface area contributed by atoms with Gasteiger partial charge < -0.3 is 0 Å². The van der Waals surface area contributed by atoms with E-state index >= 15 is 0 Å². The van der Waals surface area contributed by atoms with Gasteiger partial charge >= 0.3 is 0 Å². The lowest BCUT2D eigenvalue weighted by Crippen LogP contribution is -2.34. The van der Waals surface area contributed by atoms with Crippen LogP contribution >= 0.6 is 0 Å². The normalized spacial score (nSPS) is 13.0. The molecule has 0 aliphatic heterocycles. The van der Waals surface area contributed by atoms with Gasteiger partial charge in [0.2, 0.25) is 10.0 Å². The molecular weight excluding hydrogens is 330 g/mol. The molecule has 0 aliphatic rings. The van der Waals surface area contributed by atoms with Gasteiger partial charge in [-0.2, -0.15) is 4.31 Å². The predicted octanol–water partition coefficient (Wildman–Crippen LogP) is 2.90. The van der Waals surface area contributed by atoms with Gasteiger partial charge in [-0.1, -0.05) is 25.1 Å². The fourth-order valence-electron chi connectivity index (χ4n) is 2.55. The maximum atomic E-state index is 12.8. The summed E-state index contributed by atoms with van der Waals surface area (Å²) in [5.74, 6) is -0.285. The van der Waals surface area contributed by atoms with Crippen LogP contribution in [0.25, 0.3) is 0 Å². The van der Waals surface area contributed by atoms with E-state index in [-0.39, 0.29) is 17.5 Å². The molecule has 8 heteroatoms. The van der Waals surface area contributed by atoms with Gasteiger partial charge in [-0.3, -0.25) is 15.1 Å². The molecule has 0 N–H and O–H groups in total. The lowest BCUT2D eigenvalue weighted by Gasteiger charge is -2.27. The summed E-state index contributed by atoms with van der Waals surface area (Å²) in [6.45, 7) is 3.86. The number of nitrogens with zero attached hydrogens (tertiary/aromatic N) is 3. The van der Waals surface area contributed by atoms with Crippen molar-refractivity contribution in [2.24, 2.45) is 0 Å². The van der Waals surface area contributed by atoms with Crippen molar-refractivity contribution in [3.63, 3.8) is 0 Å². The highest BCUT2D eigenvalue weighted by molar-refractivity contribution is 7.88. The molecule has 7 nitrogen and oxygen atoms in total. The molecule has 2 rings (SSSR count). The van der Waals surface area contributed by atoms with Crippen LogP contribution in [-0.2, 0) is 15.8 Å². The lowest BCUT2D eigenvalue weighted by molar-refractivity contribution is -0.384. The molecule has 1 aromatic heterocycles. The Morgan fingerprint density at radius 2 is 2.04 bits per heavy atom. The van der Waals surface area contributed by atoms with E-state index in [1.807, 2.05) is 6.07 Å². The van der Waals surface area contributed by atoms with Crippen molar-refractivity contribution in [1.82, 2.24) is 9.29 Å². The van der Waals surface area contributed by atoms with E-state index < -0.39 is 14.9 Å². The molecule has 1 atom stereocenters. The van der Waals surface area contributed by atoms with Gasteiger partial charge in [0.05, 0.1) is 10.7 Å². The Morgan fingerprint density at radius 3 is 2.62 bits per heavy atom. The standard InChI is InChI=1S/C16H19N3O4S/c1-3-18(13(2)15-7-5-9-17-11-15)24(22,23)12-14-6-4-8-16(10-14)19(20)21/h4-11,13H,3,12H2,1-2H3/t13-/m0/s1. The van der Waals surface area contributed by atoms with Gasteiger partial charge in [0, 0.05) is 37.1 Å². The minimum Gasteiger partial charge on any atom is -0.264 e. The molecule has 0 amide bonds. The second-order valence-electron chi connectivity index (χ2n) is 5.35. The SMILES string of the molecule is CCN([C@@H](C)c1cccnc1)S(=O)(=O)Cc1cccc([N+](=O)[O-])c1. The molecule has 0 radical (unpaired) electrons. The quantitative estimate of drug-likeness (QED) is 0.566. The summed E-state index contributed by atoms with van der Waals surface area (Å²) in [5, 5.41) is 10.8. The number of benzene rings is 1. The molecule has 0 saturated heterocycles. The molecule has 2 aromatic rings. The zero-order valence-electron chi connectivity index (χ0n) is 13.5. The number of hydrogen-bond acceptors (Lipinski definition) is 5. The molecule has 0 aliphatic carbocycles. The van der Waals surface area contributed by atoms with Gasteiger partial charge in [0.1, 0.15) is 0 Å².